The maximum atomic E-state index is 11.9. The van der Waals surface area contributed by atoms with Crippen molar-refractivity contribution in [3.05, 3.63) is 54.6 Å². The van der Waals surface area contributed by atoms with Crippen LogP contribution < -0.4 is 4.74 Å². The van der Waals surface area contributed by atoms with Crippen molar-refractivity contribution < 1.29 is 43.1 Å². The molecule has 0 spiro atoms. The summed E-state index contributed by atoms with van der Waals surface area (Å²) in [5.74, 6) is -1.00. The van der Waals surface area contributed by atoms with Crippen molar-refractivity contribution in [2.45, 2.75) is 12.2 Å². The van der Waals surface area contributed by atoms with E-state index in [4.69, 9.17) is 28.4 Å². The SMILES string of the molecule is C=CCOCC(O)COC(COCC=C)COc1cc(C(=O)OC)cc(C(=O)OC)c1. The summed E-state index contributed by atoms with van der Waals surface area (Å²) >= 11 is 0. The monoisotopic (exact) mass is 438 g/mol. The van der Waals surface area contributed by atoms with Gasteiger partial charge in [0, 0.05) is 0 Å². The molecule has 9 nitrogen and oxygen atoms in total. The predicted octanol–water partition coefficient (Wildman–Crippen LogP) is 1.79. The van der Waals surface area contributed by atoms with Crippen LogP contribution >= 0.6 is 0 Å². The second kappa shape index (κ2) is 15.1. The second-order valence-corrected chi connectivity index (χ2v) is 6.30. The van der Waals surface area contributed by atoms with E-state index in [2.05, 4.69) is 13.2 Å². The zero-order valence-corrected chi connectivity index (χ0v) is 17.9. The molecule has 2 unspecified atom stereocenters. The average Bonchev–Trinajstić information content (AvgIpc) is 2.79. The minimum Gasteiger partial charge on any atom is -0.491 e. The summed E-state index contributed by atoms with van der Waals surface area (Å²) in [4.78, 5) is 23.8. The van der Waals surface area contributed by atoms with E-state index in [0.717, 1.165) is 0 Å². The van der Waals surface area contributed by atoms with Crippen LogP contribution in [0.4, 0.5) is 0 Å². The largest absolute Gasteiger partial charge is 0.491 e. The Kier molecular flexibility index (Phi) is 12.8. The number of aliphatic hydroxyl groups excluding tert-OH is 1. The fraction of sp³-hybridized carbons (Fsp3) is 0.455. The highest BCUT2D eigenvalue weighted by Crippen LogP contribution is 2.19. The van der Waals surface area contributed by atoms with Crippen LogP contribution in [0.25, 0.3) is 0 Å². The molecule has 0 aliphatic carbocycles. The summed E-state index contributed by atoms with van der Waals surface area (Å²) in [5.41, 5.74) is 0.270. The molecule has 0 fully saturated rings. The first-order valence-electron chi connectivity index (χ1n) is 9.56. The molecule has 0 aromatic heterocycles. The quantitative estimate of drug-likeness (QED) is 0.235. The molecule has 1 N–H and O–H groups in total. The smallest absolute Gasteiger partial charge is 0.338 e. The minimum absolute atomic E-state index is 0.00176. The number of ether oxygens (including phenoxy) is 6. The van der Waals surface area contributed by atoms with Crippen molar-refractivity contribution in [3.63, 3.8) is 0 Å². The summed E-state index contributed by atoms with van der Waals surface area (Å²) in [6.07, 6.45) is 1.80. The van der Waals surface area contributed by atoms with Gasteiger partial charge in [-0.15, -0.1) is 13.2 Å². The van der Waals surface area contributed by atoms with E-state index in [0.29, 0.717) is 13.2 Å². The van der Waals surface area contributed by atoms with Crippen LogP contribution in [0.1, 0.15) is 20.7 Å². The first-order chi connectivity index (χ1) is 14.9. The lowest BCUT2D eigenvalue weighted by Crippen LogP contribution is -2.32. The zero-order chi connectivity index (χ0) is 23.1. The van der Waals surface area contributed by atoms with Crippen LogP contribution in [0.2, 0.25) is 0 Å². The fourth-order valence-corrected chi connectivity index (χ4v) is 2.35. The summed E-state index contributed by atoms with van der Waals surface area (Å²) in [6, 6.07) is 4.24. The number of esters is 2. The minimum atomic E-state index is -0.838. The number of hydrogen-bond acceptors (Lipinski definition) is 9. The summed E-state index contributed by atoms with van der Waals surface area (Å²) in [5, 5.41) is 9.95. The Morgan fingerprint density at radius 1 is 0.903 bits per heavy atom. The Labute approximate surface area is 182 Å². The van der Waals surface area contributed by atoms with E-state index in [1.807, 2.05) is 0 Å². The third kappa shape index (κ3) is 10.2. The maximum absolute atomic E-state index is 11.9. The van der Waals surface area contributed by atoms with Crippen molar-refractivity contribution >= 4 is 11.9 Å². The topological polar surface area (TPSA) is 110 Å². The van der Waals surface area contributed by atoms with E-state index in [1.165, 1.54) is 32.4 Å². The number of aliphatic hydroxyl groups is 1. The maximum Gasteiger partial charge on any atom is 0.338 e. The molecular weight excluding hydrogens is 408 g/mol. The normalized spacial score (nSPS) is 12.5. The van der Waals surface area contributed by atoms with Crippen molar-refractivity contribution in [1.82, 2.24) is 0 Å². The van der Waals surface area contributed by atoms with E-state index in [-0.39, 0.29) is 43.3 Å². The summed E-state index contributed by atoms with van der Waals surface area (Å²) in [6.45, 7) is 8.06. The van der Waals surface area contributed by atoms with Crippen LogP contribution in [0.5, 0.6) is 5.75 Å². The molecule has 2 atom stereocenters. The van der Waals surface area contributed by atoms with Crippen LogP contribution in [0.3, 0.4) is 0 Å². The van der Waals surface area contributed by atoms with Gasteiger partial charge in [-0.05, 0) is 18.2 Å². The molecule has 172 valence electrons. The van der Waals surface area contributed by atoms with Gasteiger partial charge in [0.1, 0.15) is 24.6 Å². The fourth-order valence-electron chi connectivity index (χ4n) is 2.35. The van der Waals surface area contributed by atoms with Gasteiger partial charge in [0.15, 0.2) is 0 Å². The third-order valence-corrected chi connectivity index (χ3v) is 3.79. The van der Waals surface area contributed by atoms with Gasteiger partial charge in [-0.2, -0.15) is 0 Å². The van der Waals surface area contributed by atoms with E-state index >= 15 is 0 Å². The number of carbonyl (C=O) groups is 2. The van der Waals surface area contributed by atoms with Crippen molar-refractivity contribution in [2.24, 2.45) is 0 Å². The summed E-state index contributed by atoms with van der Waals surface area (Å²) in [7, 11) is 2.47. The lowest BCUT2D eigenvalue weighted by molar-refractivity contribution is -0.0754. The molecule has 0 amide bonds. The van der Waals surface area contributed by atoms with E-state index in [9.17, 15) is 14.7 Å². The van der Waals surface area contributed by atoms with Crippen LogP contribution in [0, 0.1) is 0 Å². The molecule has 0 aliphatic rings. The van der Waals surface area contributed by atoms with Crippen molar-refractivity contribution in [3.8, 4) is 5.75 Å². The van der Waals surface area contributed by atoms with Crippen molar-refractivity contribution in [1.29, 1.82) is 0 Å². The van der Waals surface area contributed by atoms with E-state index in [1.54, 1.807) is 12.2 Å². The molecule has 1 rings (SSSR count). The van der Waals surface area contributed by atoms with Gasteiger partial charge in [0.25, 0.3) is 0 Å². The van der Waals surface area contributed by atoms with Gasteiger partial charge in [-0.1, -0.05) is 12.2 Å². The molecule has 0 bridgehead atoms. The van der Waals surface area contributed by atoms with Gasteiger partial charge < -0.3 is 33.5 Å². The Morgan fingerprint density at radius 2 is 1.45 bits per heavy atom. The average molecular weight is 438 g/mol. The molecule has 0 aliphatic heterocycles. The Hall–Kier alpha value is -2.72. The Morgan fingerprint density at radius 3 is 1.97 bits per heavy atom. The zero-order valence-electron chi connectivity index (χ0n) is 17.9. The van der Waals surface area contributed by atoms with Crippen LogP contribution in [-0.2, 0) is 23.7 Å². The number of benzene rings is 1. The first kappa shape index (κ1) is 26.3. The van der Waals surface area contributed by atoms with Crippen molar-refractivity contribution in [2.75, 3.05) is 53.9 Å². The number of carbonyl (C=O) groups excluding carboxylic acids is 2. The highest BCUT2D eigenvalue weighted by molar-refractivity contribution is 5.96. The van der Waals surface area contributed by atoms with Gasteiger partial charge >= 0.3 is 11.9 Å². The second-order valence-electron chi connectivity index (χ2n) is 6.30. The van der Waals surface area contributed by atoms with Gasteiger partial charge in [-0.3, -0.25) is 0 Å². The highest BCUT2D eigenvalue weighted by atomic mass is 16.6. The predicted molar refractivity (Wildman–Crippen MR) is 112 cm³/mol. The molecule has 1 aromatic rings. The van der Waals surface area contributed by atoms with Gasteiger partial charge in [-0.25, -0.2) is 9.59 Å². The number of hydrogen-bond donors (Lipinski definition) is 1. The Balaban J connectivity index is 2.82. The first-order valence-corrected chi connectivity index (χ1v) is 9.56. The lowest BCUT2D eigenvalue weighted by atomic mass is 10.1. The number of methoxy groups -OCH3 is 2. The molecule has 9 heteroatoms. The third-order valence-electron chi connectivity index (χ3n) is 3.79. The Bertz CT molecular complexity index is 683. The molecule has 0 heterocycles. The van der Waals surface area contributed by atoms with Gasteiger partial charge in [0.2, 0.25) is 0 Å². The molecular formula is C22H30O9. The van der Waals surface area contributed by atoms with Crippen LogP contribution in [-0.4, -0.2) is 83.1 Å². The molecule has 1 aromatic carbocycles. The van der Waals surface area contributed by atoms with Gasteiger partial charge in [0.05, 0.1) is 58.4 Å². The molecule has 0 saturated carbocycles. The number of rotatable bonds is 16. The summed E-state index contributed by atoms with van der Waals surface area (Å²) < 4.78 is 31.4. The molecule has 0 saturated heterocycles. The molecule has 31 heavy (non-hydrogen) atoms. The standard InChI is InChI=1S/C22H30O9/c1-5-7-28-12-18(23)13-30-20(14-29-8-6-2)15-31-19-10-16(21(24)26-3)9-17(11-19)22(25)27-4/h5-6,9-11,18,20,23H,1-2,7-8,12-15H2,3-4H3. The van der Waals surface area contributed by atoms with Crippen LogP contribution in [0.15, 0.2) is 43.5 Å². The lowest BCUT2D eigenvalue weighted by Gasteiger charge is -2.20. The molecule has 0 radical (unpaired) electrons. The van der Waals surface area contributed by atoms with E-state index < -0.39 is 24.1 Å². The highest BCUT2D eigenvalue weighted by Gasteiger charge is 2.17.